The topological polar surface area (TPSA) is 72.8 Å². The van der Waals surface area contributed by atoms with Crippen LogP contribution in [-0.4, -0.2) is 31.8 Å². The highest BCUT2D eigenvalue weighted by Gasteiger charge is 2.15. The fraction of sp³-hybridized carbons (Fsp3) is 0.913. The van der Waals surface area contributed by atoms with E-state index in [0.717, 1.165) is 12.8 Å². The van der Waals surface area contributed by atoms with Gasteiger partial charge in [0.25, 0.3) is 0 Å². The predicted octanol–water partition coefficient (Wildman–Crippen LogP) is 7.03. The lowest BCUT2D eigenvalue weighted by Gasteiger charge is -2.20. The first kappa shape index (κ1) is 28.6. The summed E-state index contributed by atoms with van der Waals surface area (Å²) >= 11 is 0. The number of allylic oxidation sites excluding steroid dienone is 2. The van der Waals surface area contributed by atoms with Gasteiger partial charge in [-0.2, -0.15) is 8.42 Å². The molecule has 0 heterocycles. The van der Waals surface area contributed by atoms with Crippen molar-refractivity contribution in [3.8, 4) is 0 Å². The van der Waals surface area contributed by atoms with Crippen LogP contribution in [0.2, 0.25) is 0 Å². The van der Waals surface area contributed by atoms with Crippen LogP contribution in [0, 0.1) is 0 Å². The molecule has 29 heavy (non-hydrogen) atoms. The summed E-state index contributed by atoms with van der Waals surface area (Å²) < 4.78 is 40.1. The van der Waals surface area contributed by atoms with Crippen molar-refractivity contribution in [2.75, 3.05) is 6.61 Å². The Labute approximate surface area is 180 Å². The monoisotopic (exact) mass is 434 g/mol. The van der Waals surface area contributed by atoms with Crippen molar-refractivity contribution in [1.29, 1.82) is 0 Å². The molecule has 0 rings (SSSR count). The zero-order valence-corrected chi connectivity index (χ0v) is 19.9. The van der Waals surface area contributed by atoms with Crippen LogP contribution >= 0.6 is 0 Å². The average Bonchev–Trinajstić information content (AvgIpc) is 2.67. The Morgan fingerprint density at radius 3 is 1.86 bits per heavy atom. The molecule has 0 spiro atoms. The van der Waals surface area contributed by atoms with Crippen LogP contribution in [0.1, 0.15) is 117 Å². The van der Waals surface area contributed by atoms with Crippen molar-refractivity contribution in [2.24, 2.45) is 0 Å². The minimum absolute atomic E-state index is 0.0647. The van der Waals surface area contributed by atoms with Gasteiger partial charge in [-0.25, -0.2) is 4.18 Å². The van der Waals surface area contributed by atoms with Crippen molar-refractivity contribution in [2.45, 2.75) is 129 Å². The molecule has 0 aliphatic rings. The molecule has 6 heteroatoms. The van der Waals surface area contributed by atoms with E-state index in [1.54, 1.807) is 0 Å². The Balaban J connectivity index is 3.49. The van der Waals surface area contributed by atoms with E-state index in [0.29, 0.717) is 6.42 Å². The molecule has 0 aliphatic carbocycles. The van der Waals surface area contributed by atoms with E-state index in [-0.39, 0.29) is 18.8 Å². The highest BCUT2D eigenvalue weighted by molar-refractivity contribution is 7.80. The number of hydrogen-bond donors (Lipinski definition) is 1. The van der Waals surface area contributed by atoms with Crippen LogP contribution in [0.4, 0.5) is 0 Å². The second kappa shape index (κ2) is 19.5. The van der Waals surface area contributed by atoms with Gasteiger partial charge in [-0.3, -0.25) is 4.55 Å². The number of unbranched alkanes of at least 4 members (excludes halogenated alkanes) is 11. The summed E-state index contributed by atoms with van der Waals surface area (Å²) in [7, 11) is -4.39. The normalized spacial score (nSPS) is 14.5. The zero-order chi connectivity index (χ0) is 21.8. The molecule has 0 amide bonds. The quantitative estimate of drug-likeness (QED) is 0.119. The Morgan fingerprint density at radius 1 is 0.828 bits per heavy atom. The van der Waals surface area contributed by atoms with Gasteiger partial charge in [0.05, 0.1) is 18.8 Å². The largest absolute Gasteiger partial charge is 0.397 e. The third kappa shape index (κ3) is 22.1. The standard InChI is InChI=1S/C23H46O5S/c1-4-6-7-8-9-10-11-12-13-14-15-16-17-18-19-20-22(3)28-23(5-2)21-27-29(24,25)26/h12-13,22-23H,4-11,14-21H2,1-3H3,(H,24,25,26)/b13-12-. The molecule has 174 valence electrons. The minimum Gasteiger partial charge on any atom is -0.373 e. The van der Waals surface area contributed by atoms with E-state index < -0.39 is 10.4 Å². The number of hydrogen-bond acceptors (Lipinski definition) is 4. The Morgan fingerprint density at radius 2 is 1.34 bits per heavy atom. The molecule has 0 saturated heterocycles. The fourth-order valence-corrected chi connectivity index (χ4v) is 3.64. The van der Waals surface area contributed by atoms with E-state index in [2.05, 4.69) is 23.3 Å². The highest BCUT2D eigenvalue weighted by atomic mass is 32.3. The maximum absolute atomic E-state index is 10.6. The average molecular weight is 435 g/mol. The summed E-state index contributed by atoms with van der Waals surface area (Å²) in [6.07, 6.45) is 22.8. The van der Waals surface area contributed by atoms with E-state index in [9.17, 15) is 8.42 Å². The third-order valence-corrected chi connectivity index (χ3v) is 5.59. The van der Waals surface area contributed by atoms with Gasteiger partial charge in [-0.05, 0) is 45.4 Å². The molecule has 0 aromatic carbocycles. The van der Waals surface area contributed by atoms with Crippen LogP contribution in [0.15, 0.2) is 12.2 Å². The molecule has 0 bridgehead atoms. The van der Waals surface area contributed by atoms with Crippen molar-refractivity contribution < 1.29 is 21.9 Å². The van der Waals surface area contributed by atoms with Crippen molar-refractivity contribution in [1.82, 2.24) is 0 Å². The number of rotatable bonds is 21. The van der Waals surface area contributed by atoms with Crippen molar-refractivity contribution in [3.63, 3.8) is 0 Å². The molecule has 0 aliphatic heterocycles. The number of ether oxygens (including phenoxy) is 1. The second-order valence-electron chi connectivity index (χ2n) is 8.06. The molecule has 2 unspecified atom stereocenters. The lowest BCUT2D eigenvalue weighted by atomic mass is 10.1. The Kier molecular flexibility index (Phi) is 19.2. The SMILES string of the molecule is CCCCCCCC/C=C\CCCCCCCC(C)OC(CC)COS(=O)(=O)O. The first-order chi connectivity index (χ1) is 13.9. The summed E-state index contributed by atoms with van der Waals surface area (Å²) in [5, 5.41) is 0. The van der Waals surface area contributed by atoms with E-state index in [1.807, 2.05) is 13.8 Å². The van der Waals surface area contributed by atoms with Gasteiger partial charge in [0.2, 0.25) is 0 Å². The van der Waals surface area contributed by atoms with Gasteiger partial charge in [0.15, 0.2) is 0 Å². The smallest absolute Gasteiger partial charge is 0.373 e. The van der Waals surface area contributed by atoms with Gasteiger partial charge in [-0.15, -0.1) is 0 Å². The van der Waals surface area contributed by atoms with E-state index in [4.69, 9.17) is 9.29 Å². The van der Waals surface area contributed by atoms with Crippen LogP contribution in [0.3, 0.4) is 0 Å². The molecular weight excluding hydrogens is 388 g/mol. The molecule has 0 aromatic rings. The second-order valence-corrected chi connectivity index (χ2v) is 9.15. The van der Waals surface area contributed by atoms with Gasteiger partial charge in [0.1, 0.15) is 0 Å². The van der Waals surface area contributed by atoms with Crippen molar-refractivity contribution >= 4 is 10.4 Å². The molecule has 5 nitrogen and oxygen atoms in total. The Bertz CT molecular complexity index is 476. The fourth-order valence-electron chi connectivity index (χ4n) is 3.31. The summed E-state index contributed by atoms with van der Waals surface area (Å²) in [5.74, 6) is 0. The van der Waals surface area contributed by atoms with Crippen molar-refractivity contribution in [3.05, 3.63) is 12.2 Å². The molecule has 2 atom stereocenters. The summed E-state index contributed by atoms with van der Waals surface area (Å²) in [5.41, 5.74) is 0. The maximum Gasteiger partial charge on any atom is 0.397 e. The van der Waals surface area contributed by atoms with Crippen LogP contribution in [-0.2, 0) is 19.3 Å². The van der Waals surface area contributed by atoms with Gasteiger partial charge >= 0.3 is 10.4 Å². The van der Waals surface area contributed by atoms with Gasteiger partial charge < -0.3 is 4.74 Å². The third-order valence-electron chi connectivity index (χ3n) is 5.16. The van der Waals surface area contributed by atoms with Crippen LogP contribution < -0.4 is 0 Å². The zero-order valence-electron chi connectivity index (χ0n) is 19.1. The van der Waals surface area contributed by atoms with E-state index in [1.165, 1.54) is 77.0 Å². The molecule has 1 N–H and O–H groups in total. The summed E-state index contributed by atoms with van der Waals surface area (Å²) in [4.78, 5) is 0. The molecule has 0 fully saturated rings. The maximum atomic E-state index is 10.6. The molecule has 0 aromatic heterocycles. The Hall–Kier alpha value is -0.430. The lowest BCUT2D eigenvalue weighted by Crippen LogP contribution is -2.25. The van der Waals surface area contributed by atoms with Crippen LogP contribution in [0.5, 0.6) is 0 Å². The first-order valence-corrected chi connectivity index (χ1v) is 13.2. The first-order valence-electron chi connectivity index (χ1n) is 11.8. The molecular formula is C23H46O5S. The van der Waals surface area contributed by atoms with Gasteiger partial charge in [-0.1, -0.05) is 83.8 Å². The lowest BCUT2D eigenvalue weighted by molar-refractivity contribution is -0.0317. The van der Waals surface area contributed by atoms with Crippen LogP contribution in [0.25, 0.3) is 0 Å². The van der Waals surface area contributed by atoms with E-state index >= 15 is 0 Å². The summed E-state index contributed by atoms with van der Waals surface area (Å²) in [6, 6.07) is 0. The highest BCUT2D eigenvalue weighted by Crippen LogP contribution is 2.14. The summed E-state index contributed by atoms with van der Waals surface area (Å²) in [6.45, 7) is 6.04. The molecule has 0 saturated carbocycles. The predicted molar refractivity (Wildman–Crippen MR) is 122 cm³/mol. The molecule has 0 radical (unpaired) electrons. The minimum atomic E-state index is -4.39. The van der Waals surface area contributed by atoms with Gasteiger partial charge in [0, 0.05) is 0 Å².